The van der Waals surface area contributed by atoms with Gasteiger partial charge in [0.25, 0.3) is 0 Å². The highest BCUT2D eigenvalue weighted by molar-refractivity contribution is 6.30. The minimum Gasteiger partial charge on any atom is -0.349 e. The number of nitrogens with one attached hydrogen (secondary N) is 2. The molecule has 2 rings (SSSR count). The molecular weight excluding hydrogens is 307 g/mol. The summed E-state index contributed by atoms with van der Waals surface area (Å²) < 4.78 is 0. The molecule has 2 atom stereocenters. The zero-order valence-corrected chi connectivity index (χ0v) is 14.0. The molecule has 5 heteroatoms. The second-order valence-electron chi connectivity index (χ2n) is 5.48. The van der Waals surface area contributed by atoms with E-state index in [2.05, 4.69) is 17.6 Å². The summed E-state index contributed by atoms with van der Waals surface area (Å²) in [4.78, 5) is 12.1. The molecule has 0 aromatic heterocycles. The van der Waals surface area contributed by atoms with E-state index in [0.717, 1.165) is 31.5 Å². The van der Waals surface area contributed by atoms with Gasteiger partial charge in [-0.05, 0) is 56.0 Å². The minimum atomic E-state index is 0. The second kappa shape index (κ2) is 9.29. The van der Waals surface area contributed by atoms with E-state index in [0.29, 0.717) is 17.4 Å². The number of amides is 1. The molecule has 1 heterocycles. The van der Waals surface area contributed by atoms with Gasteiger partial charge in [-0.25, -0.2) is 0 Å². The number of benzene rings is 1. The highest BCUT2D eigenvalue weighted by atomic mass is 35.5. The first kappa shape index (κ1) is 18.3. The third kappa shape index (κ3) is 5.85. The van der Waals surface area contributed by atoms with Crippen LogP contribution in [0.4, 0.5) is 0 Å². The zero-order valence-electron chi connectivity index (χ0n) is 12.4. The molecule has 1 fully saturated rings. The van der Waals surface area contributed by atoms with E-state index in [9.17, 15) is 4.79 Å². The Hall–Kier alpha value is -0.770. The van der Waals surface area contributed by atoms with Gasteiger partial charge in [-0.2, -0.15) is 0 Å². The largest absolute Gasteiger partial charge is 0.349 e. The van der Waals surface area contributed by atoms with Crippen LogP contribution >= 0.6 is 24.0 Å². The highest BCUT2D eigenvalue weighted by Gasteiger charge is 2.17. The summed E-state index contributed by atoms with van der Waals surface area (Å²) in [6.45, 7) is 4.22. The van der Waals surface area contributed by atoms with Crippen molar-refractivity contribution in [2.24, 2.45) is 5.92 Å². The van der Waals surface area contributed by atoms with Crippen molar-refractivity contribution in [3.8, 4) is 0 Å². The summed E-state index contributed by atoms with van der Waals surface area (Å²) in [6.07, 6.45) is 3.66. The second-order valence-corrected chi connectivity index (χ2v) is 5.92. The maximum absolute atomic E-state index is 12.1. The molecule has 2 unspecified atom stereocenters. The normalized spacial score (nSPS) is 18.9. The highest BCUT2D eigenvalue weighted by Crippen LogP contribution is 2.21. The van der Waals surface area contributed by atoms with Crippen LogP contribution in [-0.4, -0.2) is 19.0 Å². The van der Waals surface area contributed by atoms with Gasteiger partial charge in [0.1, 0.15) is 0 Å². The van der Waals surface area contributed by atoms with Crippen LogP contribution in [0.25, 0.3) is 0 Å². The number of hydrogen-bond donors (Lipinski definition) is 2. The summed E-state index contributed by atoms with van der Waals surface area (Å²) in [7, 11) is 0. The minimum absolute atomic E-state index is 0. The van der Waals surface area contributed by atoms with Crippen LogP contribution < -0.4 is 10.6 Å². The van der Waals surface area contributed by atoms with Gasteiger partial charge in [0.2, 0.25) is 5.91 Å². The van der Waals surface area contributed by atoms with Gasteiger partial charge in [-0.1, -0.05) is 30.7 Å². The summed E-state index contributed by atoms with van der Waals surface area (Å²) in [6, 6.07) is 7.78. The number of carbonyl (C=O) groups excluding carboxylic acids is 1. The van der Waals surface area contributed by atoms with Gasteiger partial charge in [0.15, 0.2) is 0 Å². The lowest BCUT2D eigenvalue weighted by atomic mass is 10.0. The average Bonchev–Trinajstić information content (AvgIpc) is 2.96. The monoisotopic (exact) mass is 330 g/mol. The Kier molecular flexibility index (Phi) is 8.09. The Morgan fingerprint density at radius 2 is 2.33 bits per heavy atom. The van der Waals surface area contributed by atoms with Crippen molar-refractivity contribution in [1.29, 1.82) is 0 Å². The van der Waals surface area contributed by atoms with Crippen molar-refractivity contribution in [2.45, 2.75) is 38.6 Å². The van der Waals surface area contributed by atoms with E-state index in [4.69, 9.17) is 11.6 Å². The Morgan fingerprint density at radius 1 is 1.52 bits per heavy atom. The maximum atomic E-state index is 12.1. The molecule has 2 N–H and O–H groups in total. The van der Waals surface area contributed by atoms with Crippen molar-refractivity contribution in [3.05, 3.63) is 34.9 Å². The molecule has 0 aliphatic carbocycles. The fourth-order valence-corrected chi connectivity index (χ4v) is 2.91. The fraction of sp³-hybridized carbons (Fsp3) is 0.562. The summed E-state index contributed by atoms with van der Waals surface area (Å²) >= 11 is 6.01. The standard InChI is InChI=1S/C16H23ClN2O.ClH/c1-2-15(13-4-3-5-14(17)10-13)19-16(20)7-6-12-8-9-18-11-12;/h3-5,10,12,15,18H,2,6-9,11H2,1H3,(H,19,20);1H. The van der Waals surface area contributed by atoms with Gasteiger partial charge in [-0.15, -0.1) is 12.4 Å². The number of halogens is 2. The predicted octanol–water partition coefficient (Wildman–Crippen LogP) is 3.72. The quantitative estimate of drug-likeness (QED) is 0.834. The average molecular weight is 331 g/mol. The number of carbonyl (C=O) groups is 1. The van der Waals surface area contributed by atoms with Crippen LogP contribution in [0.15, 0.2) is 24.3 Å². The van der Waals surface area contributed by atoms with E-state index in [1.54, 1.807) is 0 Å². The Bertz CT molecular complexity index is 448. The first-order valence-electron chi connectivity index (χ1n) is 7.44. The molecule has 118 valence electrons. The number of rotatable bonds is 6. The molecule has 1 amide bonds. The van der Waals surface area contributed by atoms with Crippen LogP contribution in [-0.2, 0) is 4.79 Å². The molecule has 21 heavy (non-hydrogen) atoms. The third-order valence-electron chi connectivity index (χ3n) is 3.94. The van der Waals surface area contributed by atoms with Gasteiger partial charge in [0.05, 0.1) is 6.04 Å². The van der Waals surface area contributed by atoms with Crippen LogP contribution in [0.3, 0.4) is 0 Å². The number of hydrogen-bond acceptors (Lipinski definition) is 2. The van der Waals surface area contributed by atoms with Crippen LogP contribution in [0, 0.1) is 5.92 Å². The Labute approximate surface area is 138 Å². The van der Waals surface area contributed by atoms with Crippen LogP contribution in [0.1, 0.15) is 44.2 Å². The predicted molar refractivity (Wildman–Crippen MR) is 90.1 cm³/mol. The van der Waals surface area contributed by atoms with Gasteiger partial charge < -0.3 is 10.6 Å². The van der Waals surface area contributed by atoms with Crippen molar-refractivity contribution in [1.82, 2.24) is 10.6 Å². The first-order valence-corrected chi connectivity index (χ1v) is 7.82. The first-order chi connectivity index (χ1) is 9.69. The molecule has 1 aliphatic heterocycles. The third-order valence-corrected chi connectivity index (χ3v) is 4.17. The molecule has 1 aliphatic rings. The van der Waals surface area contributed by atoms with E-state index in [1.165, 1.54) is 6.42 Å². The van der Waals surface area contributed by atoms with Gasteiger partial charge in [0, 0.05) is 11.4 Å². The topological polar surface area (TPSA) is 41.1 Å². The van der Waals surface area contributed by atoms with Crippen molar-refractivity contribution in [3.63, 3.8) is 0 Å². The molecular formula is C16H24Cl2N2O. The lowest BCUT2D eigenvalue weighted by Gasteiger charge is -2.18. The lowest BCUT2D eigenvalue weighted by Crippen LogP contribution is -2.28. The molecule has 0 spiro atoms. The molecule has 1 aromatic rings. The van der Waals surface area contributed by atoms with Crippen molar-refractivity contribution in [2.75, 3.05) is 13.1 Å². The van der Waals surface area contributed by atoms with Crippen LogP contribution in [0.5, 0.6) is 0 Å². The fourth-order valence-electron chi connectivity index (χ4n) is 2.71. The van der Waals surface area contributed by atoms with Crippen molar-refractivity contribution >= 4 is 29.9 Å². The zero-order chi connectivity index (χ0) is 14.4. The lowest BCUT2D eigenvalue weighted by molar-refractivity contribution is -0.122. The molecule has 0 radical (unpaired) electrons. The molecule has 1 aromatic carbocycles. The summed E-state index contributed by atoms with van der Waals surface area (Å²) in [5, 5.41) is 7.16. The van der Waals surface area contributed by atoms with Crippen molar-refractivity contribution < 1.29 is 4.79 Å². The SMILES string of the molecule is CCC(NC(=O)CCC1CCNC1)c1cccc(Cl)c1.Cl. The Balaban J connectivity index is 0.00000220. The summed E-state index contributed by atoms with van der Waals surface area (Å²) in [5.74, 6) is 0.802. The Morgan fingerprint density at radius 3 is 2.95 bits per heavy atom. The summed E-state index contributed by atoms with van der Waals surface area (Å²) in [5.41, 5.74) is 1.08. The smallest absolute Gasteiger partial charge is 0.220 e. The van der Waals surface area contributed by atoms with E-state index in [1.807, 2.05) is 24.3 Å². The van der Waals surface area contributed by atoms with Crippen LogP contribution in [0.2, 0.25) is 5.02 Å². The maximum Gasteiger partial charge on any atom is 0.220 e. The van der Waals surface area contributed by atoms with Gasteiger partial charge >= 0.3 is 0 Å². The molecule has 3 nitrogen and oxygen atoms in total. The molecule has 0 bridgehead atoms. The van der Waals surface area contributed by atoms with Gasteiger partial charge in [-0.3, -0.25) is 4.79 Å². The van der Waals surface area contributed by atoms with E-state index < -0.39 is 0 Å². The van der Waals surface area contributed by atoms with E-state index in [-0.39, 0.29) is 24.4 Å². The molecule has 0 saturated carbocycles. The van der Waals surface area contributed by atoms with E-state index >= 15 is 0 Å². The molecule has 1 saturated heterocycles.